The topological polar surface area (TPSA) is 131 Å². The molecule has 0 unspecified atom stereocenters. The summed E-state index contributed by atoms with van der Waals surface area (Å²) in [4.78, 5) is 28.3. The summed E-state index contributed by atoms with van der Waals surface area (Å²) in [7, 11) is -3.27. The van der Waals surface area contributed by atoms with Gasteiger partial charge in [0.2, 0.25) is 0 Å². The molecule has 0 atom stereocenters. The number of amides is 2. The number of rotatable bonds is 6. The molecule has 28 heavy (non-hydrogen) atoms. The van der Waals surface area contributed by atoms with Crippen molar-refractivity contribution in [2.45, 2.75) is 4.90 Å². The first-order valence-corrected chi connectivity index (χ1v) is 10.7. The molecular weight excluding hydrogens is 400 g/mol. The van der Waals surface area contributed by atoms with E-state index in [0.29, 0.717) is 16.5 Å². The van der Waals surface area contributed by atoms with Gasteiger partial charge < -0.3 is 16.4 Å². The number of thiazole rings is 1. The number of nitrogens with one attached hydrogen (secondary N) is 2. The Labute approximate surface area is 165 Å². The number of nitrogens with zero attached hydrogens (tertiary/aromatic N) is 1. The van der Waals surface area contributed by atoms with Crippen LogP contribution < -0.4 is 16.4 Å². The third kappa shape index (κ3) is 4.53. The van der Waals surface area contributed by atoms with Crippen molar-refractivity contribution >= 4 is 49.5 Å². The van der Waals surface area contributed by atoms with Gasteiger partial charge in [-0.1, -0.05) is 12.1 Å². The highest BCUT2D eigenvalue weighted by molar-refractivity contribution is 7.90. The molecule has 4 N–H and O–H groups in total. The van der Waals surface area contributed by atoms with Gasteiger partial charge in [-0.3, -0.25) is 9.59 Å². The minimum atomic E-state index is -3.27. The number of primary amides is 1. The molecule has 0 saturated heterocycles. The number of hydrogen-bond donors (Lipinski definition) is 3. The Morgan fingerprint density at radius 3 is 2.39 bits per heavy atom. The minimum absolute atomic E-state index is 0.166. The van der Waals surface area contributed by atoms with Crippen LogP contribution in [-0.2, 0) is 9.84 Å². The fraction of sp³-hybridized carbons (Fsp3) is 0.0556. The van der Waals surface area contributed by atoms with Crippen LogP contribution in [0.2, 0.25) is 0 Å². The Morgan fingerprint density at radius 1 is 1.07 bits per heavy atom. The number of hydrogen-bond acceptors (Lipinski definition) is 7. The molecule has 1 aromatic heterocycles. The highest BCUT2D eigenvalue weighted by Gasteiger charge is 2.15. The van der Waals surface area contributed by atoms with Gasteiger partial charge in [-0.25, -0.2) is 13.4 Å². The zero-order chi connectivity index (χ0) is 20.3. The van der Waals surface area contributed by atoms with Crippen molar-refractivity contribution in [1.29, 1.82) is 0 Å². The molecule has 2 aromatic carbocycles. The van der Waals surface area contributed by atoms with Gasteiger partial charge in [0.05, 0.1) is 16.1 Å². The first kappa shape index (κ1) is 19.5. The predicted octanol–water partition coefficient (Wildman–Crippen LogP) is 2.64. The highest BCUT2D eigenvalue weighted by atomic mass is 32.2. The number of carbonyl (C=O) groups is 2. The average molecular weight is 416 g/mol. The van der Waals surface area contributed by atoms with Crippen LogP contribution in [0.5, 0.6) is 0 Å². The SMILES string of the molecule is CS(=O)(=O)c1ccc(Nc2nc(C(=O)Nc3ccccc3C(N)=O)cs2)cc1. The Bertz CT molecular complexity index is 1140. The van der Waals surface area contributed by atoms with E-state index in [9.17, 15) is 18.0 Å². The summed E-state index contributed by atoms with van der Waals surface area (Å²) in [6.45, 7) is 0. The maximum atomic E-state index is 12.4. The van der Waals surface area contributed by atoms with E-state index in [0.717, 1.165) is 6.26 Å². The van der Waals surface area contributed by atoms with E-state index in [1.165, 1.54) is 29.5 Å². The van der Waals surface area contributed by atoms with Crippen LogP contribution >= 0.6 is 11.3 Å². The maximum Gasteiger partial charge on any atom is 0.275 e. The van der Waals surface area contributed by atoms with E-state index in [1.54, 1.807) is 35.7 Å². The van der Waals surface area contributed by atoms with Gasteiger partial charge in [0.25, 0.3) is 11.8 Å². The number of aromatic nitrogens is 1. The van der Waals surface area contributed by atoms with Gasteiger partial charge >= 0.3 is 0 Å². The number of benzene rings is 2. The molecule has 3 aromatic rings. The molecule has 0 fully saturated rings. The standard InChI is InChI=1S/C18H16N4O4S2/c1-28(25,26)12-8-6-11(7-9-12)20-18-22-15(10-27-18)17(24)21-14-5-3-2-4-13(14)16(19)23/h2-10H,1H3,(H2,19,23)(H,20,22)(H,21,24). The van der Waals surface area contributed by atoms with Crippen molar-refractivity contribution in [3.8, 4) is 0 Å². The molecule has 10 heteroatoms. The third-order valence-corrected chi connectivity index (χ3v) is 5.60. The molecule has 0 bridgehead atoms. The highest BCUT2D eigenvalue weighted by Crippen LogP contribution is 2.23. The van der Waals surface area contributed by atoms with E-state index in [-0.39, 0.29) is 16.2 Å². The molecule has 0 saturated carbocycles. The molecular formula is C18H16N4O4S2. The van der Waals surface area contributed by atoms with Crippen molar-refractivity contribution in [2.24, 2.45) is 5.73 Å². The van der Waals surface area contributed by atoms with Gasteiger partial charge in [-0.05, 0) is 36.4 Å². The molecule has 0 aliphatic rings. The Morgan fingerprint density at radius 2 is 1.75 bits per heavy atom. The Hall–Kier alpha value is -3.24. The molecule has 0 aliphatic heterocycles. The summed E-state index contributed by atoms with van der Waals surface area (Å²) >= 11 is 1.21. The lowest BCUT2D eigenvalue weighted by atomic mass is 10.1. The van der Waals surface area contributed by atoms with Crippen LogP contribution in [0.4, 0.5) is 16.5 Å². The van der Waals surface area contributed by atoms with Crippen molar-refractivity contribution in [1.82, 2.24) is 4.98 Å². The average Bonchev–Trinajstić information content (AvgIpc) is 3.10. The molecule has 144 valence electrons. The third-order valence-electron chi connectivity index (χ3n) is 3.71. The van der Waals surface area contributed by atoms with Crippen LogP contribution in [0, 0.1) is 0 Å². The normalized spacial score (nSPS) is 11.0. The Kier molecular flexibility index (Phi) is 5.43. The molecule has 3 rings (SSSR count). The second kappa shape index (κ2) is 7.79. The smallest absolute Gasteiger partial charge is 0.275 e. The van der Waals surface area contributed by atoms with Crippen molar-refractivity contribution in [3.63, 3.8) is 0 Å². The molecule has 1 heterocycles. The fourth-order valence-electron chi connectivity index (χ4n) is 2.34. The second-order valence-corrected chi connectivity index (χ2v) is 8.70. The van der Waals surface area contributed by atoms with Gasteiger partial charge in [0.1, 0.15) is 5.69 Å². The van der Waals surface area contributed by atoms with E-state index in [4.69, 9.17) is 5.73 Å². The largest absolute Gasteiger partial charge is 0.366 e. The van der Waals surface area contributed by atoms with Crippen LogP contribution in [0.25, 0.3) is 0 Å². The predicted molar refractivity (Wildman–Crippen MR) is 108 cm³/mol. The quantitative estimate of drug-likeness (QED) is 0.566. The number of para-hydroxylation sites is 1. The second-order valence-electron chi connectivity index (χ2n) is 5.82. The van der Waals surface area contributed by atoms with Crippen LogP contribution in [0.15, 0.2) is 58.8 Å². The van der Waals surface area contributed by atoms with Crippen molar-refractivity contribution < 1.29 is 18.0 Å². The van der Waals surface area contributed by atoms with E-state index in [1.807, 2.05) is 0 Å². The van der Waals surface area contributed by atoms with E-state index >= 15 is 0 Å². The summed E-state index contributed by atoms with van der Waals surface area (Å²) in [5, 5.41) is 7.65. The Balaban J connectivity index is 1.72. The van der Waals surface area contributed by atoms with Gasteiger partial charge in [0.15, 0.2) is 15.0 Å². The van der Waals surface area contributed by atoms with Crippen LogP contribution in [0.1, 0.15) is 20.8 Å². The molecule has 0 aliphatic carbocycles. The van der Waals surface area contributed by atoms with E-state index in [2.05, 4.69) is 15.6 Å². The lowest BCUT2D eigenvalue weighted by Gasteiger charge is -2.07. The van der Waals surface area contributed by atoms with Crippen molar-refractivity contribution in [3.05, 3.63) is 65.2 Å². The first-order valence-electron chi connectivity index (χ1n) is 7.97. The zero-order valence-electron chi connectivity index (χ0n) is 14.7. The van der Waals surface area contributed by atoms with Gasteiger partial charge in [0, 0.05) is 17.3 Å². The summed E-state index contributed by atoms with van der Waals surface area (Å²) in [6.07, 6.45) is 1.14. The fourth-order valence-corrected chi connectivity index (χ4v) is 3.68. The molecule has 0 spiro atoms. The van der Waals surface area contributed by atoms with E-state index < -0.39 is 21.7 Å². The lowest BCUT2D eigenvalue weighted by molar-refractivity contribution is 0.100. The lowest BCUT2D eigenvalue weighted by Crippen LogP contribution is -2.18. The number of sulfone groups is 1. The number of nitrogens with two attached hydrogens (primary N) is 1. The van der Waals surface area contributed by atoms with Gasteiger partial charge in [-0.15, -0.1) is 11.3 Å². The summed E-state index contributed by atoms with van der Waals surface area (Å²) in [6, 6.07) is 12.6. The van der Waals surface area contributed by atoms with Crippen molar-refractivity contribution in [2.75, 3.05) is 16.9 Å². The van der Waals surface area contributed by atoms with Crippen LogP contribution in [0.3, 0.4) is 0 Å². The van der Waals surface area contributed by atoms with Crippen LogP contribution in [-0.4, -0.2) is 31.5 Å². The maximum absolute atomic E-state index is 12.4. The minimum Gasteiger partial charge on any atom is -0.366 e. The first-order chi connectivity index (χ1) is 13.2. The summed E-state index contributed by atoms with van der Waals surface area (Å²) in [5.74, 6) is -1.13. The molecule has 8 nitrogen and oxygen atoms in total. The van der Waals surface area contributed by atoms with Gasteiger partial charge in [-0.2, -0.15) is 0 Å². The number of carbonyl (C=O) groups excluding carboxylic acids is 2. The molecule has 0 radical (unpaired) electrons. The summed E-state index contributed by atoms with van der Waals surface area (Å²) < 4.78 is 23.0. The molecule has 2 amide bonds. The summed E-state index contributed by atoms with van der Waals surface area (Å²) in [5.41, 5.74) is 6.61. The zero-order valence-corrected chi connectivity index (χ0v) is 16.3. The monoisotopic (exact) mass is 416 g/mol. The number of anilines is 3.